The van der Waals surface area contributed by atoms with Gasteiger partial charge in [-0.1, -0.05) is 24.8 Å². The average Bonchev–Trinajstić information content (AvgIpc) is 2.64. The Hall–Kier alpha value is -2.69. The van der Waals surface area contributed by atoms with Crippen LogP contribution >= 0.6 is 0 Å². The van der Waals surface area contributed by atoms with Crippen LogP contribution in [0.25, 0.3) is 6.08 Å². The molecule has 0 saturated carbocycles. The SMILES string of the molecule is C=Cc1ccc(C(=O)N2CCC[C@@H](Nc3ccc(F)c(F)c3)C2)cc1. The minimum Gasteiger partial charge on any atom is -0.380 e. The Balaban J connectivity index is 1.66. The highest BCUT2D eigenvalue weighted by atomic mass is 19.2. The van der Waals surface area contributed by atoms with Gasteiger partial charge in [-0.3, -0.25) is 4.79 Å². The molecular weight excluding hydrogens is 322 g/mol. The maximum atomic E-state index is 13.3. The summed E-state index contributed by atoms with van der Waals surface area (Å²) in [7, 11) is 0. The van der Waals surface area contributed by atoms with Crippen molar-refractivity contribution in [2.75, 3.05) is 18.4 Å². The van der Waals surface area contributed by atoms with Gasteiger partial charge in [0.1, 0.15) is 0 Å². The molecule has 25 heavy (non-hydrogen) atoms. The molecule has 0 bridgehead atoms. The average molecular weight is 342 g/mol. The van der Waals surface area contributed by atoms with Gasteiger partial charge in [0.15, 0.2) is 11.6 Å². The standard InChI is InChI=1S/C20H20F2N2O/c1-2-14-5-7-15(8-6-14)20(25)24-11-3-4-17(13-24)23-16-9-10-18(21)19(22)12-16/h2,5-10,12,17,23H,1,3-4,11,13H2/t17-/m1/s1. The van der Waals surface area contributed by atoms with Crippen LogP contribution in [-0.2, 0) is 0 Å². The second-order valence-corrected chi connectivity index (χ2v) is 6.19. The van der Waals surface area contributed by atoms with Gasteiger partial charge in [0.2, 0.25) is 0 Å². The van der Waals surface area contributed by atoms with Crippen molar-refractivity contribution in [1.82, 2.24) is 4.90 Å². The monoisotopic (exact) mass is 342 g/mol. The number of piperidine rings is 1. The van der Waals surface area contributed by atoms with Crippen molar-refractivity contribution >= 4 is 17.7 Å². The van der Waals surface area contributed by atoms with E-state index in [1.54, 1.807) is 23.1 Å². The first-order chi connectivity index (χ1) is 12.1. The van der Waals surface area contributed by atoms with Gasteiger partial charge in [-0.2, -0.15) is 0 Å². The minimum atomic E-state index is -0.879. The van der Waals surface area contributed by atoms with Crippen LogP contribution in [-0.4, -0.2) is 29.9 Å². The quantitative estimate of drug-likeness (QED) is 0.897. The number of hydrogen-bond acceptors (Lipinski definition) is 2. The van der Waals surface area contributed by atoms with Gasteiger partial charge >= 0.3 is 0 Å². The van der Waals surface area contributed by atoms with Gasteiger partial charge in [0, 0.05) is 36.4 Å². The Morgan fingerprint density at radius 3 is 2.60 bits per heavy atom. The van der Waals surface area contributed by atoms with Crippen molar-refractivity contribution in [3.05, 3.63) is 71.8 Å². The predicted octanol–water partition coefficient (Wildman–Crippen LogP) is 4.32. The third-order valence-corrected chi connectivity index (χ3v) is 4.39. The van der Waals surface area contributed by atoms with E-state index in [1.165, 1.54) is 6.07 Å². The fourth-order valence-electron chi connectivity index (χ4n) is 3.05. The van der Waals surface area contributed by atoms with Gasteiger partial charge < -0.3 is 10.2 Å². The Kier molecular flexibility index (Phi) is 5.12. The fraction of sp³-hybridized carbons (Fsp3) is 0.250. The summed E-state index contributed by atoms with van der Waals surface area (Å²) in [6.45, 7) is 4.92. The lowest BCUT2D eigenvalue weighted by molar-refractivity contribution is 0.0715. The number of hydrogen-bond donors (Lipinski definition) is 1. The number of rotatable bonds is 4. The van der Waals surface area contributed by atoms with Crippen LogP contribution in [0.5, 0.6) is 0 Å². The van der Waals surface area contributed by atoms with Crippen LogP contribution in [0.4, 0.5) is 14.5 Å². The Bertz CT molecular complexity index is 774. The lowest BCUT2D eigenvalue weighted by atomic mass is 10.0. The zero-order valence-electron chi connectivity index (χ0n) is 13.8. The van der Waals surface area contributed by atoms with E-state index in [9.17, 15) is 13.6 Å². The smallest absolute Gasteiger partial charge is 0.253 e. The molecule has 0 spiro atoms. The van der Waals surface area contributed by atoms with Gasteiger partial charge in [-0.15, -0.1) is 0 Å². The molecule has 1 saturated heterocycles. The molecule has 130 valence electrons. The van der Waals surface area contributed by atoms with Crippen LogP contribution < -0.4 is 5.32 Å². The van der Waals surface area contributed by atoms with E-state index in [1.807, 2.05) is 12.1 Å². The molecule has 0 aliphatic carbocycles. The van der Waals surface area contributed by atoms with Gasteiger partial charge in [-0.05, 0) is 42.7 Å². The Morgan fingerprint density at radius 1 is 1.16 bits per heavy atom. The summed E-state index contributed by atoms with van der Waals surface area (Å²) in [5, 5.41) is 3.19. The lowest BCUT2D eigenvalue weighted by Crippen LogP contribution is -2.45. The third kappa shape index (κ3) is 4.05. The summed E-state index contributed by atoms with van der Waals surface area (Å²) in [6.07, 6.45) is 3.47. The number of amides is 1. The van der Waals surface area contributed by atoms with Crippen LogP contribution in [0.3, 0.4) is 0 Å². The number of nitrogens with one attached hydrogen (secondary N) is 1. The van der Waals surface area contributed by atoms with E-state index in [-0.39, 0.29) is 11.9 Å². The largest absolute Gasteiger partial charge is 0.380 e. The maximum absolute atomic E-state index is 13.3. The zero-order chi connectivity index (χ0) is 17.8. The molecule has 1 aliphatic heterocycles. The van der Waals surface area contributed by atoms with Crippen molar-refractivity contribution < 1.29 is 13.6 Å². The molecule has 1 heterocycles. The normalized spacial score (nSPS) is 17.2. The van der Waals surface area contributed by atoms with E-state index in [0.717, 1.165) is 30.5 Å². The van der Waals surface area contributed by atoms with Gasteiger partial charge in [-0.25, -0.2) is 8.78 Å². The molecule has 2 aromatic rings. The first-order valence-corrected chi connectivity index (χ1v) is 8.30. The van der Waals surface area contributed by atoms with Crippen LogP contribution in [0.15, 0.2) is 49.0 Å². The molecule has 5 heteroatoms. The number of benzene rings is 2. The number of nitrogens with zero attached hydrogens (tertiary/aromatic N) is 1. The van der Waals surface area contributed by atoms with Crippen LogP contribution in [0.2, 0.25) is 0 Å². The van der Waals surface area contributed by atoms with Crippen LogP contribution in [0.1, 0.15) is 28.8 Å². The summed E-state index contributed by atoms with van der Waals surface area (Å²) in [4.78, 5) is 14.5. The van der Waals surface area contributed by atoms with Crippen molar-refractivity contribution in [3.63, 3.8) is 0 Å². The predicted molar refractivity (Wildman–Crippen MR) is 95.4 cm³/mol. The highest BCUT2D eigenvalue weighted by Crippen LogP contribution is 2.20. The second kappa shape index (κ2) is 7.47. The second-order valence-electron chi connectivity index (χ2n) is 6.19. The summed E-state index contributed by atoms with van der Waals surface area (Å²) < 4.78 is 26.4. The van der Waals surface area contributed by atoms with E-state index in [4.69, 9.17) is 0 Å². The molecule has 1 N–H and O–H groups in total. The van der Waals surface area contributed by atoms with E-state index >= 15 is 0 Å². The molecule has 0 radical (unpaired) electrons. The maximum Gasteiger partial charge on any atom is 0.253 e. The van der Waals surface area contributed by atoms with Crippen molar-refractivity contribution in [2.24, 2.45) is 0 Å². The number of carbonyl (C=O) groups is 1. The lowest BCUT2D eigenvalue weighted by Gasteiger charge is -2.33. The molecule has 2 aromatic carbocycles. The third-order valence-electron chi connectivity index (χ3n) is 4.39. The summed E-state index contributed by atoms with van der Waals surface area (Å²) in [5.74, 6) is -1.77. The molecule has 0 unspecified atom stereocenters. The first kappa shape index (κ1) is 17.1. The number of likely N-dealkylation sites (tertiary alicyclic amines) is 1. The molecular formula is C20H20F2N2O. The fourth-order valence-corrected chi connectivity index (χ4v) is 3.05. The van der Waals surface area contributed by atoms with Gasteiger partial charge in [0.25, 0.3) is 5.91 Å². The van der Waals surface area contributed by atoms with Gasteiger partial charge in [0.05, 0.1) is 0 Å². The summed E-state index contributed by atoms with van der Waals surface area (Å²) in [5.41, 5.74) is 2.13. The molecule has 1 aliphatic rings. The van der Waals surface area contributed by atoms with Crippen molar-refractivity contribution in [3.8, 4) is 0 Å². The summed E-state index contributed by atoms with van der Waals surface area (Å²) >= 11 is 0. The van der Waals surface area contributed by atoms with Crippen LogP contribution in [0, 0.1) is 11.6 Å². The highest BCUT2D eigenvalue weighted by Gasteiger charge is 2.24. The highest BCUT2D eigenvalue weighted by molar-refractivity contribution is 5.94. The Labute approximate surface area is 146 Å². The number of carbonyl (C=O) groups excluding carboxylic acids is 1. The van der Waals surface area contributed by atoms with E-state index in [2.05, 4.69) is 11.9 Å². The minimum absolute atomic E-state index is 0.00927. The summed E-state index contributed by atoms with van der Waals surface area (Å²) in [6, 6.07) is 11.1. The molecule has 1 atom stereocenters. The topological polar surface area (TPSA) is 32.3 Å². The molecule has 1 fully saturated rings. The number of halogens is 2. The molecule has 0 aromatic heterocycles. The zero-order valence-corrected chi connectivity index (χ0v) is 13.8. The Morgan fingerprint density at radius 2 is 1.92 bits per heavy atom. The van der Waals surface area contributed by atoms with E-state index in [0.29, 0.717) is 24.3 Å². The molecule has 1 amide bonds. The van der Waals surface area contributed by atoms with E-state index < -0.39 is 11.6 Å². The molecule has 3 rings (SSSR count). The van der Waals surface area contributed by atoms with Crippen molar-refractivity contribution in [2.45, 2.75) is 18.9 Å². The number of anilines is 1. The molecule has 3 nitrogen and oxygen atoms in total. The van der Waals surface area contributed by atoms with Crippen molar-refractivity contribution in [1.29, 1.82) is 0 Å². The first-order valence-electron chi connectivity index (χ1n) is 8.30.